The summed E-state index contributed by atoms with van der Waals surface area (Å²) in [5, 5.41) is 9.87. The molecule has 0 unspecified atom stereocenters. The van der Waals surface area contributed by atoms with Crippen LogP contribution in [0.1, 0.15) is 23.0 Å². The molecule has 0 atom stereocenters. The van der Waals surface area contributed by atoms with Gasteiger partial charge in [-0.3, -0.25) is 9.89 Å². The summed E-state index contributed by atoms with van der Waals surface area (Å²) in [5.41, 5.74) is 3.15. The third-order valence-corrected chi connectivity index (χ3v) is 3.58. The average Bonchev–Trinajstić information content (AvgIpc) is 3.12. The molecular weight excluding hydrogens is 302 g/mol. The van der Waals surface area contributed by atoms with Crippen molar-refractivity contribution in [3.05, 3.63) is 71.9 Å². The van der Waals surface area contributed by atoms with Gasteiger partial charge in [0.05, 0.1) is 12.3 Å². The fraction of sp³-hybridized carbons (Fsp3) is 0.158. The number of aromatic amines is 1. The Balaban J connectivity index is 1.65. The minimum atomic E-state index is -0.177. The van der Waals surface area contributed by atoms with Crippen LogP contribution in [0.25, 0.3) is 11.3 Å². The molecule has 0 spiro atoms. The lowest BCUT2D eigenvalue weighted by atomic mass is 10.1. The topological polar surface area (TPSA) is 67.0 Å². The number of benzene rings is 2. The Labute approximate surface area is 140 Å². The van der Waals surface area contributed by atoms with E-state index in [-0.39, 0.29) is 5.91 Å². The van der Waals surface area contributed by atoms with E-state index in [0.29, 0.717) is 18.8 Å². The van der Waals surface area contributed by atoms with Crippen LogP contribution in [0.3, 0.4) is 0 Å². The fourth-order valence-corrected chi connectivity index (χ4v) is 2.35. The van der Waals surface area contributed by atoms with E-state index in [4.69, 9.17) is 4.74 Å². The fourth-order valence-electron chi connectivity index (χ4n) is 2.35. The second-order valence-electron chi connectivity index (χ2n) is 5.29. The number of rotatable bonds is 6. The highest BCUT2D eigenvalue weighted by molar-refractivity contribution is 5.93. The van der Waals surface area contributed by atoms with Crippen molar-refractivity contribution in [1.82, 2.24) is 15.5 Å². The van der Waals surface area contributed by atoms with Gasteiger partial charge in [0.15, 0.2) is 0 Å². The number of carbonyl (C=O) groups excluding carboxylic acids is 1. The van der Waals surface area contributed by atoms with Crippen LogP contribution in [-0.2, 0) is 6.54 Å². The van der Waals surface area contributed by atoms with Crippen LogP contribution in [0.4, 0.5) is 0 Å². The third kappa shape index (κ3) is 3.81. The van der Waals surface area contributed by atoms with Crippen LogP contribution < -0.4 is 10.1 Å². The molecule has 1 aromatic heterocycles. The summed E-state index contributed by atoms with van der Waals surface area (Å²) in [5.74, 6) is 0.640. The minimum Gasteiger partial charge on any atom is -0.494 e. The van der Waals surface area contributed by atoms with Crippen LogP contribution in [0.5, 0.6) is 5.75 Å². The molecule has 0 saturated heterocycles. The molecule has 0 aliphatic carbocycles. The van der Waals surface area contributed by atoms with Crippen molar-refractivity contribution in [2.45, 2.75) is 13.5 Å². The molecule has 0 bridgehead atoms. The Hall–Kier alpha value is -3.08. The number of hydrogen-bond acceptors (Lipinski definition) is 3. The minimum absolute atomic E-state index is 0.177. The van der Waals surface area contributed by atoms with Crippen molar-refractivity contribution in [2.75, 3.05) is 6.61 Å². The number of nitrogens with one attached hydrogen (secondary N) is 2. The molecule has 1 amide bonds. The number of ether oxygens (including phenoxy) is 1. The zero-order chi connectivity index (χ0) is 16.8. The second-order valence-corrected chi connectivity index (χ2v) is 5.29. The molecule has 0 fully saturated rings. The normalized spacial score (nSPS) is 10.4. The summed E-state index contributed by atoms with van der Waals surface area (Å²) in [6.45, 7) is 3.06. The SMILES string of the molecule is CCOc1ccc(-c2cc(C(=O)NCc3ccccc3)[nH]n2)cc1. The highest BCUT2D eigenvalue weighted by Gasteiger charge is 2.11. The standard InChI is InChI=1S/C19H19N3O2/c1-2-24-16-10-8-15(9-11-16)17-12-18(22-21-17)19(23)20-13-14-6-4-3-5-7-14/h3-12H,2,13H2,1H3,(H,20,23)(H,21,22). The van der Waals surface area contributed by atoms with Gasteiger partial charge in [-0.05, 0) is 42.8 Å². The average molecular weight is 321 g/mol. The van der Waals surface area contributed by atoms with Gasteiger partial charge >= 0.3 is 0 Å². The molecule has 3 rings (SSSR count). The van der Waals surface area contributed by atoms with Crippen molar-refractivity contribution in [1.29, 1.82) is 0 Å². The smallest absolute Gasteiger partial charge is 0.269 e. The van der Waals surface area contributed by atoms with E-state index < -0.39 is 0 Å². The number of amides is 1. The van der Waals surface area contributed by atoms with Gasteiger partial charge in [-0.2, -0.15) is 5.10 Å². The summed E-state index contributed by atoms with van der Waals surface area (Å²) in [6, 6.07) is 19.2. The maximum atomic E-state index is 12.2. The molecule has 2 aromatic carbocycles. The Morgan fingerprint density at radius 2 is 1.88 bits per heavy atom. The van der Waals surface area contributed by atoms with Crippen molar-refractivity contribution in [3.63, 3.8) is 0 Å². The molecule has 0 saturated carbocycles. The van der Waals surface area contributed by atoms with Gasteiger partial charge in [0.2, 0.25) is 0 Å². The first-order chi connectivity index (χ1) is 11.8. The van der Waals surface area contributed by atoms with Crippen LogP contribution in [0, 0.1) is 0 Å². The van der Waals surface area contributed by atoms with E-state index in [1.165, 1.54) is 0 Å². The number of carbonyl (C=O) groups is 1. The highest BCUT2D eigenvalue weighted by Crippen LogP contribution is 2.21. The molecule has 0 aliphatic heterocycles. The van der Waals surface area contributed by atoms with Gasteiger partial charge in [-0.25, -0.2) is 0 Å². The summed E-state index contributed by atoms with van der Waals surface area (Å²) in [7, 11) is 0. The van der Waals surface area contributed by atoms with Crippen molar-refractivity contribution >= 4 is 5.91 Å². The maximum Gasteiger partial charge on any atom is 0.269 e. The van der Waals surface area contributed by atoms with Crippen LogP contribution in [0.15, 0.2) is 60.7 Å². The zero-order valence-corrected chi connectivity index (χ0v) is 13.5. The summed E-state index contributed by atoms with van der Waals surface area (Å²) in [6.07, 6.45) is 0. The van der Waals surface area contributed by atoms with Gasteiger partial charge in [-0.1, -0.05) is 30.3 Å². The molecular formula is C19H19N3O2. The first kappa shape index (κ1) is 15.8. The Bertz CT molecular complexity index is 795. The number of hydrogen-bond donors (Lipinski definition) is 2. The molecule has 24 heavy (non-hydrogen) atoms. The van der Waals surface area contributed by atoms with Crippen molar-refractivity contribution < 1.29 is 9.53 Å². The first-order valence-electron chi connectivity index (χ1n) is 7.87. The molecule has 1 heterocycles. The number of aromatic nitrogens is 2. The lowest BCUT2D eigenvalue weighted by molar-refractivity contribution is 0.0946. The Kier molecular flexibility index (Phi) is 4.91. The predicted molar refractivity (Wildman–Crippen MR) is 92.8 cm³/mol. The third-order valence-electron chi connectivity index (χ3n) is 3.58. The number of nitrogens with zero attached hydrogens (tertiary/aromatic N) is 1. The first-order valence-corrected chi connectivity index (χ1v) is 7.87. The van der Waals surface area contributed by atoms with E-state index in [1.54, 1.807) is 6.07 Å². The molecule has 5 heteroatoms. The molecule has 0 radical (unpaired) electrons. The summed E-state index contributed by atoms with van der Waals surface area (Å²) in [4.78, 5) is 12.2. The second kappa shape index (κ2) is 7.46. The molecule has 3 aromatic rings. The van der Waals surface area contributed by atoms with E-state index >= 15 is 0 Å². The van der Waals surface area contributed by atoms with E-state index in [1.807, 2.05) is 61.5 Å². The summed E-state index contributed by atoms with van der Waals surface area (Å²) < 4.78 is 5.42. The Morgan fingerprint density at radius 1 is 1.12 bits per heavy atom. The van der Waals surface area contributed by atoms with Crippen molar-refractivity contribution in [2.24, 2.45) is 0 Å². The van der Waals surface area contributed by atoms with Gasteiger partial charge in [0, 0.05) is 12.1 Å². The monoisotopic (exact) mass is 321 g/mol. The lowest BCUT2D eigenvalue weighted by Gasteiger charge is -2.03. The van der Waals surface area contributed by atoms with Crippen LogP contribution >= 0.6 is 0 Å². The number of H-pyrrole nitrogens is 1. The molecule has 122 valence electrons. The molecule has 0 aliphatic rings. The highest BCUT2D eigenvalue weighted by atomic mass is 16.5. The predicted octanol–water partition coefficient (Wildman–Crippen LogP) is 3.41. The van der Waals surface area contributed by atoms with Gasteiger partial charge in [-0.15, -0.1) is 0 Å². The largest absolute Gasteiger partial charge is 0.494 e. The molecule has 2 N–H and O–H groups in total. The van der Waals surface area contributed by atoms with E-state index in [2.05, 4.69) is 15.5 Å². The summed E-state index contributed by atoms with van der Waals surface area (Å²) >= 11 is 0. The van der Waals surface area contributed by atoms with E-state index in [9.17, 15) is 4.79 Å². The van der Waals surface area contributed by atoms with Gasteiger partial charge in [0.1, 0.15) is 11.4 Å². The van der Waals surface area contributed by atoms with Crippen LogP contribution in [-0.4, -0.2) is 22.7 Å². The lowest BCUT2D eigenvalue weighted by Crippen LogP contribution is -2.23. The maximum absolute atomic E-state index is 12.2. The quantitative estimate of drug-likeness (QED) is 0.731. The van der Waals surface area contributed by atoms with Gasteiger partial charge < -0.3 is 10.1 Å². The van der Waals surface area contributed by atoms with Crippen molar-refractivity contribution in [3.8, 4) is 17.0 Å². The van der Waals surface area contributed by atoms with Crippen LogP contribution in [0.2, 0.25) is 0 Å². The van der Waals surface area contributed by atoms with E-state index in [0.717, 1.165) is 22.6 Å². The Morgan fingerprint density at radius 3 is 2.58 bits per heavy atom. The van der Waals surface area contributed by atoms with Gasteiger partial charge in [0.25, 0.3) is 5.91 Å². The zero-order valence-electron chi connectivity index (χ0n) is 13.5. The molecule has 5 nitrogen and oxygen atoms in total.